The van der Waals surface area contributed by atoms with Crippen LogP contribution in [0.5, 0.6) is 0 Å². The lowest BCUT2D eigenvalue weighted by Gasteiger charge is -2.34. The van der Waals surface area contributed by atoms with Crippen molar-refractivity contribution >= 4 is 17.9 Å². The second-order valence-corrected chi connectivity index (χ2v) is 23.5. The van der Waals surface area contributed by atoms with Crippen LogP contribution in [0.25, 0.3) is 0 Å². The van der Waals surface area contributed by atoms with Crippen molar-refractivity contribution in [1.82, 2.24) is 0 Å². The highest BCUT2D eigenvalue weighted by atomic mass is 16.5. The van der Waals surface area contributed by atoms with Crippen molar-refractivity contribution in [2.45, 2.75) is 330 Å². The number of unbranched alkanes of at least 4 members (excludes halogenated alkanes) is 36. The van der Waals surface area contributed by atoms with E-state index in [9.17, 15) is 14.4 Å². The summed E-state index contributed by atoms with van der Waals surface area (Å²) in [6, 6.07) is 0. The molecule has 2 atom stereocenters. The average molecular weight is 974 g/mol. The van der Waals surface area contributed by atoms with E-state index in [-0.39, 0.29) is 11.9 Å². The molecule has 0 amide bonds. The molecule has 0 aromatic heterocycles. The molecule has 0 heterocycles. The van der Waals surface area contributed by atoms with E-state index in [0.29, 0.717) is 39.1 Å². The number of ether oxygens (including phenoxy) is 3. The summed E-state index contributed by atoms with van der Waals surface area (Å²) in [5.74, 6) is -0.709. The van der Waals surface area contributed by atoms with E-state index in [4.69, 9.17) is 14.2 Å². The van der Waals surface area contributed by atoms with Gasteiger partial charge in [0.05, 0.1) is 37.6 Å². The van der Waals surface area contributed by atoms with Gasteiger partial charge in [-0.2, -0.15) is 0 Å². The zero-order chi connectivity index (χ0) is 50.3. The number of carbonyl (C=O) groups is 3. The zero-order valence-corrected chi connectivity index (χ0v) is 47.4. The lowest BCUT2D eigenvalue weighted by Crippen LogP contribution is -2.44. The molecule has 1 saturated carbocycles. The topological polar surface area (TPSA) is 78.9 Å². The van der Waals surface area contributed by atoms with Crippen LogP contribution in [0.2, 0.25) is 0 Å². The molecule has 6 heteroatoms. The summed E-state index contributed by atoms with van der Waals surface area (Å²) in [6.07, 6.45) is 55.6. The van der Waals surface area contributed by atoms with Gasteiger partial charge in [-0.1, -0.05) is 298 Å². The van der Waals surface area contributed by atoms with Crippen LogP contribution in [0, 0.1) is 35.5 Å². The minimum atomic E-state index is -0.825. The second-order valence-electron chi connectivity index (χ2n) is 23.5. The Morgan fingerprint density at radius 3 is 0.696 bits per heavy atom. The fourth-order valence-electron chi connectivity index (χ4n) is 10.7. The molecule has 1 aliphatic carbocycles. The summed E-state index contributed by atoms with van der Waals surface area (Å²) in [5, 5.41) is 0. The molecule has 1 rings (SSSR count). The smallest absolute Gasteiger partial charge is 0.310 e. The van der Waals surface area contributed by atoms with E-state index in [1.165, 1.54) is 212 Å². The van der Waals surface area contributed by atoms with Gasteiger partial charge in [0.25, 0.3) is 0 Å². The number of esters is 3. The van der Waals surface area contributed by atoms with Gasteiger partial charge in [-0.05, 0) is 49.9 Å². The molecule has 0 bridgehead atoms. The largest absolute Gasteiger partial charge is 0.465 e. The third-order valence-corrected chi connectivity index (χ3v) is 15.3. The quantitative estimate of drug-likeness (QED) is 0.0343. The maximum atomic E-state index is 13.8. The monoisotopic (exact) mass is 973 g/mol. The molecule has 0 N–H and O–H groups in total. The summed E-state index contributed by atoms with van der Waals surface area (Å²) in [5.41, 5.74) is 0. The summed E-state index contributed by atoms with van der Waals surface area (Å²) in [7, 11) is 0. The molecule has 0 spiro atoms. The van der Waals surface area contributed by atoms with Gasteiger partial charge >= 0.3 is 17.9 Å². The standard InChI is InChI=1S/C63H120O6/c1-55(2)47-40-34-28-22-16-10-7-13-19-25-31-37-43-52-67-61(64)58-50-46-51-59(62(65)68-53-44-38-32-26-20-14-8-11-17-23-29-35-41-48-56(3)4)60(58)63(66)69-54-45-39-33-27-21-15-9-12-18-24-30-36-42-49-57(5)6/h55-60H,7-54H2,1-6H3. The summed E-state index contributed by atoms with van der Waals surface area (Å²) < 4.78 is 17.6. The lowest BCUT2D eigenvalue weighted by molar-refractivity contribution is -0.172. The summed E-state index contributed by atoms with van der Waals surface area (Å²) in [6.45, 7) is 15.0. The molecular weight excluding hydrogens is 853 g/mol. The van der Waals surface area contributed by atoms with Gasteiger partial charge in [0, 0.05) is 0 Å². The predicted molar refractivity (Wildman–Crippen MR) is 296 cm³/mol. The maximum Gasteiger partial charge on any atom is 0.310 e. The molecule has 1 aliphatic rings. The first-order chi connectivity index (χ1) is 33.6. The van der Waals surface area contributed by atoms with Crippen molar-refractivity contribution in [3.63, 3.8) is 0 Å². The normalized spacial score (nSPS) is 16.2. The van der Waals surface area contributed by atoms with Crippen LogP contribution in [0.15, 0.2) is 0 Å². The highest BCUT2D eigenvalue weighted by Gasteiger charge is 2.47. The molecule has 69 heavy (non-hydrogen) atoms. The molecule has 1 fully saturated rings. The Hall–Kier alpha value is -1.59. The molecule has 0 aromatic rings. The summed E-state index contributed by atoms with van der Waals surface area (Å²) in [4.78, 5) is 41.1. The molecular formula is C63H120O6. The van der Waals surface area contributed by atoms with Crippen LogP contribution >= 0.6 is 0 Å². The van der Waals surface area contributed by atoms with Crippen LogP contribution in [0.1, 0.15) is 330 Å². The fraction of sp³-hybridized carbons (Fsp3) is 0.952. The fourth-order valence-corrected chi connectivity index (χ4v) is 10.7. The lowest BCUT2D eigenvalue weighted by atomic mass is 9.72. The third-order valence-electron chi connectivity index (χ3n) is 15.3. The third kappa shape index (κ3) is 41.6. The van der Waals surface area contributed by atoms with Gasteiger partial charge in [-0.3, -0.25) is 14.4 Å². The Morgan fingerprint density at radius 1 is 0.290 bits per heavy atom. The Balaban J connectivity index is 2.42. The zero-order valence-electron chi connectivity index (χ0n) is 47.4. The van der Waals surface area contributed by atoms with Crippen LogP contribution in [-0.2, 0) is 28.6 Å². The van der Waals surface area contributed by atoms with Gasteiger partial charge in [-0.25, -0.2) is 0 Å². The number of carbonyl (C=O) groups excluding carboxylic acids is 3. The first-order valence-corrected chi connectivity index (χ1v) is 31.1. The first kappa shape index (κ1) is 65.4. The molecule has 0 aromatic carbocycles. The summed E-state index contributed by atoms with van der Waals surface area (Å²) >= 11 is 0. The molecule has 6 nitrogen and oxygen atoms in total. The number of hydrogen-bond donors (Lipinski definition) is 0. The Labute approximate surface area is 430 Å². The van der Waals surface area contributed by atoms with Crippen molar-refractivity contribution in [3.05, 3.63) is 0 Å². The maximum absolute atomic E-state index is 13.8. The highest BCUT2D eigenvalue weighted by molar-refractivity contribution is 5.87. The van der Waals surface area contributed by atoms with Crippen LogP contribution in [0.3, 0.4) is 0 Å². The number of hydrogen-bond acceptors (Lipinski definition) is 6. The van der Waals surface area contributed by atoms with Crippen molar-refractivity contribution in [2.75, 3.05) is 19.8 Å². The van der Waals surface area contributed by atoms with E-state index < -0.39 is 23.7 Å². The van der Waals surface area contributed by atoms with E-state index in [2.05, 4.69) is 41.5 Å². The SMILES string of the molecule is CC(C)CCCCCCCCCCCCCCCOC(=O)C1CCCC(C(=O)OCCCCCCCCCCCCCCCC(C)C)C1C(=O)OCCCCCCCCCCCCCCCC(C)C. The van der Waals surface area contributed by atoms with E-state index in [1.54, 1.807) is 0 Å². The minimum Gasteiger partial charge on any atom is -0.465 e. The predicted octanol–water partition coefficient (Wildman–Crippen LogP) is 20.0. The average Bonchev–Trinajstić information content (AvgIpc) is 3.32. The van der Waals surface area contributed by atoms with E-state index >= 15 is 0 Å². The van der Waals surface area contributed by atoms with Crippen LogP contribution in [0.4, 0.5) is 0 Å². The van der Waals surface area contributed by atoms with Gasteiger partial charge in [0.15, 0.2) is 0 Å². The van der Waals surface area contributed by atoms with Crippen molar-refractivity contribution in [1.29, 1.82) is 0 Å². The van der Waals surface area contributed by atoms with Crippen molar-refractivity contribution in [2.24, 2.45) is 35.5 Å². The van der Waals surface area contributed by atoms with Crippen molar-refractivity contribution < 1.29 is 28.6 Å². The Morgan fingerprint density at radius 2 is 0.478 bits per heavy atom. The molecule has 408 valence electrons. The first-order valence-electron chi connectivity index (χ1n) is 31.1. The molecule has 0 radical (unpaired) electrons. The van der Waals surface area contributed by atoms with Crippen LogP contribution < -0.4 is 0 Å². The van der Waals surface area contributed by atoms with Crippen molar-refractivity contribution in [3.8, 4) is 0 Å². The molecule has 0 saturated heterocycles. The van der Waals surface area contributed by atoms with E-state index in [0.717, 1.165) is 75.5 Å². The van der Waals surface area contributed by atoms with Gasteiger partial charge in [0.1, 0.15) is 0 Å². The van der Waals surface area contributed by atoms with Gasteiger partial charge < -0.3 is 14.2 Å². The van der Waals surface area contributed by atoms with Gasteiger partial charge in [-0.15, -0.1) is 0 Å². The molecule has 2 unspecified atom stereocenters. The second kappa shape index (κ2) is 48.7. The van der Waals surface area contributed by atoms with E-state index in [1.807, 2.05) is 0 Å². The van der Waals surface area contributed by atoms with Crippen LogP contribution in [-0.4, -0.2) is 37.7 Å². The molecule has 0 aliphatic heterocycles. The Kier molecular flexibility index (Phi) is 46.1. The minimum absolute atomic E-state index is 0.340. The van der Waals surface area contributed by atoms with Gasteiger partial charge in [0.2, 0.25) is 0 Å². The highest BCUT2D eigenvalue weighted by Crippen LogP contribution is 2.38. The number of rotatable bonds is 51. The Bertz CT molecular complexity index is 1070.